The molecule has 60 valence electrons. The van der Waals surface area contributed by atoms with E-state index in [0.717, 1.165) is 0 Å². The Morgan fingerprint density at radius 2 is 2.20 bits per heavy atom. The van der Waals surface area contributed by atoms with Crippen molar-refractivity contribution in [2.75, 3.05) is 6.54 Å². The van der Waals surface area contributed by atoms with Crippen LogP contribution >= 0.6 is 0 Å². The minimum absolute atomic E-state index is 0.235. The molecule has 0 rings (SSSR count). The van der Waals surface area contributed by atoms with Crippen LogP contribution in [0.1, 0.15) is 13.8 Å². The normalized spacial score (nSPS) is 16.0. The Morgan fingerprint density at radius 3 is 2.50 bits per heavy atom. The third kappa shape index (κ3) is 4.29. The second-order valence-corrected chi connectivity index (χ2v) is 2.38. The largest absolute Gasteiger partial charge is 0.392 e. The van der Waals surface area contributed by atoms with Crippen LogP contribution in [-0.2, 0) is 4.79 Å². The molecule has 4 N–H and O–H groups in total. The Labute approximate surface area is 60.4 Å². The highest BCUT2D eigenvalue weighted by Gasteiger charge is 2.06. The van der Waals surface area contributed by atoms with Crippen LogP contribution in [0.2, 0.25) is 0 Å². The lowest BCUT2D eigenvalue weighted by Gasteiger charge is -2.08. The van der Waals surface area contributed by atoms with E-state index < -0.39 is 12.1 Å². The molecule has 0 aromatic heterocycles. The molecule has 0 saturated heterocycles. The van der Waals surface area contributed by atoms with Crippen LogP contribution in [0.4, 0.5) is 0 Å². The molecule has 0 saturated carbocycles. The van der Waals surface area contributed by atoms with E-state index in [-0.39, 0.29) is 12.5 Å². The van der Waals surface area contributed by atoms with Crippen LogP contribution in [0.15, 0.2) is 0 Å². The van der Waals surface area contributed by atoms with E-state index in [9.17, 15) is 4.79 Å². The summed E-state index contributed by atoms with van der Waals surface area (Å²) in [5.41, 5.74) is 5.23. The molecule has 0 aromatic carbocycles. The zero-order valence-electron chi connectivity index (χ0n) is 6.29. The molecule has 4 heteroatoms. The van der Waals surface area contributed by atoms with E-state index in [2.05, 4.69) is 5.32 Å². The average molecular weight is 146 g/mol. The topological polar surface area (TPSA) is 75.3 Å². The van der Waals surface area contributed by atoms with E-state index in [4.69, 9.17) is 10.8 Å². The standard InChI is InChI=1S/C6H14N2O2/c1-4(9)3-8-6(10)5(2)7/h4-5,9H,3,7H2,1-2H3,(H,8,10)/t4-,5+/m0/s1. The predicted molar refractivity (Wildman–Crippen MR) is 38.3 cm³/mol. The van der Waals surface area contributed by atoms with Gasteiger partial charge in [0.25, 0.3) is 0 Å². The minimum atomic E-state index is -0.511. The molecule has 0 aliphatic carbocycles. The van der Waals surface area contributed by atoms with Crippen molar-refractivity contribution in [2.45, 2.75) is 26.0 Å². The number of carbonyl (C=O) groups excluding carboxylic acids is 1. The summed E-state index contributed by atoms with van der Waals surface area (Å²) in [5, 5.41) is 11.2. The van der Waals surface area contributed by atoms with Gasteiger partial charge >= 0.3 is 0 Å². The number of aliphatic hydroxyl groups is 1. The quantitative estimate of drug-likeness (QED) is 0.469. The zero-order valence-corrected chi connectivity index (χ0v) is 6.29. The predicted octanol–water partition coefficient (Wildman–Crippen LogP) is -1.17. The SMILES string of the molecule is C[C@H](O)CNC(=O)[C@@H](C)N. The van der Waals surface area contributed by atoms with Gasteiger partial charge in [-0.05, 0) is 13.8 Å². The van der Waals surface area contributed by atoms with Crippen LogP contribution in [0, 0.1) is 0 Å². The van der Waals surface area contributed by atoms with Crippen molar-refractivity contribution in [3.8, 4) is 0 Å². The molecular weight excluding hydrogens is 132 g/mol. The van der Waals surface area contributed by atoms with Gasteiger partial charge in [0, 0.05) is 6.54 Å². The van der Waals surface area contributed by atoms with E-state index in [1.807, 2.05) is 0 Å². The molecule has 1 amide bonds. The molecule has 0 spiro atoms. The molecule has 0 aliphatic heterocycles. The maximum Gasteiger partial charge on any atom is 0.236 e. The average Bonchev–Trinajstić information content (AvgIpc) is 1.82. The number of nitrogens with two attached hydrogens (primary N) is 1. The number of hydrogen-bond acceptors (Lipinski definition) is 3. The molecule has 0 bridgehead atoms. The van der Waals surface area contributed by atoms with Gasteiger partial charge in [-0.1, -0.05) is 0 Å². The summed E-state index contributed by atoms with van der Waals surface area (Å²) in [4.78, 5) is 10.7. The lowest BCUT2D eigenvalue weighted by atomic mass is 10.3. The Morgan fingerprint density at radius 1 is 1.70 bits per heavy atom. The first-order chi connectivity index (χ1) is 4.54. The summed E-state index contributed by atoms with van der Waals surface area (Å²) < 4.78 is 0. The summed E-state index contributed by atoms with van der Waals surface area (Å²) in [7, 11) is 0. The maximum absolute atomic E-state index is 10.7. The van der Waals surface area contributed by atoms with E-state index >= 15 is 0 Å². The van der Waals surface area contributed by atoms with Gasteiger partial charge < -0.3 is 16.2 Å². The van der Waals surface area contributed by atoms with Gasteiger partial charge in [-0.15, -0.1) is 0 Å². The maximum atomic E-state index is 10.7. The van der Waals surface area contributed by atoms with Gasteiger partial charge in [0.1, 0.15) is 0 Å². The molecule has 0 heterocycles. The van der Waals surface area contributed by atoms with Crippen molar-refractivity contribution < 1.29 is 9.90 Å². The molecule has 0 fully saturated rings. The van der Waals surface area contributed by atoms with Crippen LogP contribution in [0.3, 0.4) is 0 Å². The second kappa shape index (κ2) is 4.24. The van der Waals surface area contributed by atoms with Gasteiger partial charge in [-0.25, -0.2) is 0 Å². The van der Waals surface area contributed by atoms with Gasteiger partial charge in [0.15, 0.2) is 0 Å². The summed E-state index contributed by atoms with van der Waals surface area (Å²) in [6.07, 6.45) is -0.511. The fourth-order valence-corrected chi connectivity index (χ4v) is 0.409. The van der Waals surface area contributed by atoms with Crippen molar-refractivity contribution in [3.63, 3.8) is 0 Å². The van der Waals surface area contributed by atoms with Gasteiger partial charge in [-0.3, -0.25) is 4.79 Å². The second-order valence-electron chi connectivity index (χ2n) is 2.38. The smallest absolute Gasteiger partial charge is 0.236 e. The monoisotopic (exact) mass is 146 g/mol. The third-order valence-corrected chi connectivity index (χ3v) is 0.985. The van der Waals surface area contributed by atoms with Crippen LogP contribution in [0.5, 0.6) is 0 Å². The molecule has 10 heavy (non-hydrogen) atoms. The Balaban J connectivity index is 3.40. The van der Waals surface area contributed by atoms with Crippen molar-refractivity contribution >= 4 is 5.91 Å². The van der Waals surface area contributed by atoms with E-state index in [1.54, 1.807) is 13.8 Å². The van der Waals surface area contributed by atoms with Gasteiger partial charge in [0.2, 0.25) is 5.91 Å². The molecule has 4 nitrogen and oxygen atoms in total. The molecule has 0 unspecified atom stereocenters. The Hall–Kier alpha value is -0.610. The first-order valence-electron chi connectivity index (χ1n) is 3.25. The molecule has 0 aromatic rings. The molecule has 0 aliphatic rings. The summed E-state index contributed by atoms with van der Waals surface area (Å²) in [6, 6.07) is -0.501. The highest BCUT2D eigenvalue weighted by molar-refractivity contribution is 5.80. The van der Waals surface area contributed by atoms with Crippen molar-refractivity contribution in [3.05, 3.63) is 0 Å². The number of aliphatic hydroxyl groups excluding tert-OH is 1. The number of rotatable bonds is 3. The van der Waals surface area contributed by atoms with Crippen molar-refractivity contribution in [2.24, 2.45) is 5.73 Å². The first kappa shape index (κ1) is 9.39. The van der Waals surface area contributed by atoms with Crippen LogP contribution in [0.25, 0.3) is 0 Å². The van der Waals surface area contributed by atoms with Crippen molar-refractivity contribution in [1.82, 2.24) is 5.32 Å². The number of nitrogens with one attached hydrogen (secondary N) is 1. The third-order valence-electron chi connectivity index (χ3n) is 0.985. The Kier molecular flexibility index (Phi) is 3.99. The first-order valence-corrected chi connectivity index (χ1v) is 3.25. The van der Waals surface area contributed by atoms with Crippen LogP contribution < -0.4 is 11.1 Å². The Bertz CT molecular complexity index is 112. The number of hydrogen-bond donors (Lipinski definition) is 3. The highest BCUT2D eigenvalue weighted by Crippen LogP contribution is 1.78. The van der Waals surface area contributed by atoms with Gasteiger partial charge in [-0.2, -0.15) is 0 Å². The minimum Gasteiger partial charge on any atom is -0.392 e. The molecule has 0 radical (unpaired) electrons. The number of amides is 1. The van der Waals surface area contributed by atoms with Crippen molar-refractivity contribution in [1.29, 1.82) is 0 Å². The van der Waals surface area contributed by atoms with Gasteiger partial charge in [0.05, 0.1) is 12.1 Å². The summed E-state index contributed by atoms with van der Waals surface area (Å²) >= 11 is 0. The molecular formula is C6H14N2O2. The fraction of sp³-hybridized carbons (Fsp3) is 0.833. The summed E-state index contributed by atoms with van der Waals surface area (Å²) in [5.74, 6) is -0.235. The summed E-state index contributed by atoms with van der Waals surface area (Å²) in [6.45, 7) is 3.46. The number of carbonyl (C=O) groups is 1. The van der Waals surface area contributed by atoms with E-state index in [1.165, 1.54) is 0 Å². The molecule has 2 atom stereocenters. The zero-order chi connectivity index (χ0) is 8.15. The van der Waals surface area contributed by atoms with Crippen LogP contribution in [-0.4, -0.2) is 29.7 Å². The lowest BCUT2D eigenvalue weighted by Crippen LogP contribution is -2.41. The fourth-order valence-electron chi connectivity index (χ4n) is 0.409. The van der Waals surface area contributed by atoms with E-state index in [0.29, 0.717) is 0 Å². The highest BCUT2D eigenvalue weighted by atomic mass is 16.3. The lowest BCUT2D eigenvalue weighted by molar-refractivity contribution is -0.122.